The van der Waals surface area contributed by atoms with Crippen molar-refractivity contribution in [3.8, 4) is 17.3 Å². The molecule has 0 unspecified atom stereocenters. The zero-order valence-electron chi connectivity index (χ0n) is 19.2. The smallest absolute Gasteiger partial charge is 0.255 e. The standard InChI is InChI=1S/C23H26N8O2/c1-5-31-15(3)18(11-27-31)20-28-19-21(29(20)4)25-13-26-22(19)33-17-8-9-30(12-17)23(32)16-7-6-14(2)24-10-16/h6-7,10-11,13,17H,5,8-9,12H2,1-4H3/t17-/m0/s1. The fourth-order valence-corrected chi connectivity index (χ4v) is 4.23. The zero-order chi connectivity index (χ0) is 23.1. The van der Waals surface area contributed by atoms with Crippen molar-refractivity contribution in [2.24, 2.45) is 7.05 Å². The van der Waals surface area contributed by atoms with Gasteiger partial charge in [0.05, 0.1) is 23.9 Å². The van der Waals surface area contributed by atoms with E-state index >= 15 is 0 Å². The first-order valence-corrected chi connectivity index (χ1v) is 11.0. The molecule has 5 heterocycles. The predicted octanol–water partition coefficient (Wildman–Crippen LogP) is 2.55. The van der Waals surface area contributed by atoms with Crippen molar-refractivity contribution in [3.05, 3.63) is 47.8 Å². The number of fused-ring (bicyclic) bond motifs is 1. The van der Waals surface area contributed by atoms with E-state index in [0.717, 1.165) is 35.7 Å². The van der Waals surface area contributed by atoms with Crippen LogP contribution in [0.15, 0.2) is 30.9 Å². The molecule has 1 fully saturated rings. The molecule has 0 aromatic carbocycles. The summed E-state index contributed by atoms with van der Waals surface area (Å²) in [5.41, 5.74) is 4.76. The highest BCUT2D eigenvalue weighted by Gasteiger charge is 2.30. The van der Waals surface area contributed by atoms with E-state index < -0.39 is 0 Å². The van der Waals surface area contributed by atoms with Gasteiger partial charge in [-0.25, -0.2) is 9.97 Å². The maximum absolute atomic E-state index is 12.8. The first-order chi connectivity index (χ1) is 16.0. The molecule has 0 saturated carbocycles. The minimum atomic E-state index is -0.166. The second kappa shape index (κ2) is 8.27. The average Bonchev–Trinajstić information content (AvgIpc) is 3.52. The number of amides is 1. The topological polar surface area (TPSA) is 104 Å². The van der Waals surface area contributed by atoms with E-state index in [0.29, 0.717) is 35.7 Å². The second-order valence-electron chi connectivity index (χ2n) is 8.27. The van der Waals surface area contributed by atoms with Crippen LogP contribution in [0.2, 0.25) is 0 Å². The maximum atomic E-state index is 12.8. The third-order valence-electron chi connectivity index (χ3n) is 6.13. The third-order valence-corrected chi connectivity index (χ3v) is 6.13. The van der Waals surface area contributed by atoms with Gasteiger partial charge in [-0.3, -0.25) is 14.5 Å². The van der Waals surface area contributed by atoms with Crippen LogP contribution in [0.5, 0.6) is 5.88 Å². The molecular formula is C23H26N8O2. The van der Waals surface area contributed by atoms with Gasteiger partial charge in [-0.1, -0.05) is 0 Å². The number of aryl methyl sites for hydroxylation is 3. The predicted molar refractivity (Wildman–Crippen MR) is 122 cm³/mol. The Hall–Kier alpha value is -3.82. The number of ether oxygens (including phenoxy) is 1. The number of nitrogens with zero attached hydrogens (tertiary/aromatic N) is 8. The fourth-order valence-electron chi connectivity index (χ4n) is 4.23. The molecule has 5 rings (SSSR count). The van der Waals surface area contributed by atoms with Gasteiger partial charge >= 0.3 is 0 Å². The van der Waals surface area contributed by atoms with Crippen LogP contribution in [0.1, 0.15) is 35.1 Å². The molecule has 1 aliphatic heterocycles. The highest BCUT2D eigenvalue weighted by Crippen LogP contribution is 2.30. The molecule has 1 atom stereocenters. The summed E-state index contributed by atoms with van der Waals surface area (Å²) >= 11 is 0. The summed E-state index contributed by atoms with van der Waals surface area (Å²) < 4.78 is 10.1. The summed E-state index contributed by atoms with van der Waals surface area (Å²) in [7, 11) is 1.93. The third kappa shape index (κ3) is 3.71. The Morgan fingerprint density at radius 2 is 2.03 bits per heavy atom. The van der Waals surface area contributed by atoms with Crippen LogP contribution in [0, 0.1) is 13.8 Å². The highest BCUT2D eigenvalue weighted by atomic mass is 16.5. The van der Waals surface area contributed by atoms with E-state index in [9.17, 15) is 4.79 Å². The molecule has 0 N–H and O–H groups in total. The minimum Gasteiger partial charge on any atom is -0.471 e. The highest BCUT2D eigenvalue weighted by molar-refractivity contribution is 5.94. The number of hydrogen-bond acceptors (Lipinski definition) is 7. The van der Waals surface area contributed by atoms with Crippen LogP contribution in [-0.4, -0.2) is 64.3 Å². The average molecular weight is 447 g/mol. The normalized spacial score (nSPS) is 16.0. The van der Waals surface area contributed by atoms with E-state index in [1.54, 1.807) is 11.1 Å². The van der Waals surface area contributed by atoms with Crippen LogP contribution < -0.4 is 4.74 Å². The van der Waals surface area contributed by atoms with Gasteiger partial charge in [-0.05, 0) is 32.9 Å². The number of hydrogen-bond donors (Lipinski definition) is 0. The van der Waals surface area contributed by atoms with Crippen LogP contribution in [-0.2, 0) is 13.6 Å². The number of carbonyl (C=O) groups excluding carboxylic acids is 1. The first kappa shape index (κ1) is 21.0. The molecule has 170 valence electrons. The molecule has 4 aromatic heterocycles. The Morgan fingerprint density at radius 3 is 2.76 bits per heavy atom. The number of likely N-dealkylation sites (tertiary alicyclic amines) is 1. The lowest BCUT2D eigenvalue weighted by molar-refractivity contribution is 0.0771. The van der Waals surface area contributed by atoms with Crippen molar-refractivity contribution >= 4 is 17.1 Å². The largest absolute Gasteiger partial charge is 0.471 e. The van der Waals surface area contributed by atoms with Crippen LogP contribution >= 0.6 is 0 Å². The van der Waals surface area contributed by atoms with E-state index in [2.05, 4.69) is 27.0 Å². The molecule has 1 saturated heterocycles. The summed E-state index contributed by atoms with van der Waals surface area (Å²) in [6, 6.07) is 3.66. The van der Waals surface area contributed by atoms with Crippen molar-refractivity contribution < 1.29 is 9.53 Å². The molecule has 1 amide bonds. The SMILES string of the molecule is CCn1ncc(-c2nc3c(O[C@H]4CCN(C(=O)c5ccc(C)nc5)C4)ncnc3n2C)c1C. The molecule has 0 spiro atoms. The lowest BCUT2D eigenvalue weighted by Gasteiger charge is -2.17. The van der Waals surface area contributed by atoms with Gasteiger partial charge in [0.15, 0.2) is 11.2 Å². The van der Waals surface area contributed by atoms with Gasteiger partial charge in [0.2, 0.25) is 5.88 Å². The number of pyridine rings is 1. The summed E-state index contributed by atoms with van der Waals surface area (Å²) in [4.78, 5) is 32.4. The number of rotatable bonds is 5. The lowest BCUT2D eigenvalue weighted by Crippen LogP contribution is -2.31. The first-order valence-electron chi connectivity index (χ1n) is 11.0. The van der Waals surface area contributed by atoms with E-state index in [1.807, 2.05) is 48.5 Å². The molecule has 10 heteroatoms. The molecule has 0 bridgehead atoms. The van der Waals surface area contributed by atoms with E-state index in [-0.39, 0.29) is 12.0 Å². The van der Waals surface area contributed by atoms with Crippen molar-refractivity contribution in [1.29, 1.82) is 0 Å². The van der Waals surface area contributed by atoms with Crippen LogP contribution in [0.25, 0.3) is 22.6 Å². The van der Waals surface area contributed by atoms with Crippen LogP contribution in [0.4, 0.5) is 0 Å². The number of aromatic nitrogens is 7. The summed E-state index contributed by atoms with van der Waals surface area (Å²) in [6.45, 7) is 7.88. The zero-order valence-corrected chi connectivity index (χ0v) is 19.2. The molecule has 10 nitrogen and oxygen atoms in total. The Kier molecular flexibility index (Phi) is 5.27. The van der Waals surface area contributed by atoms with Gasteiger partial charge < -0.3 is 14.2 Å². The van der Waals surface area contributed by atoms with Gasteiger partial charge in [0, 0.05) is 44.1 Å². The Labute approximate surface area is 191 Å². The van der Waals surface area contributed by atoms with Gasteiger partial charge in [0.25, 0.3) is 5.91 Å². The summed E-state index contributed by atoms with van der Waals surface area (Å²) in [5.74, 6) is 1.16. The molecule has 1 aliphatic rings. The van der Waals surface area contributed by atoms with Gasteiger partial charge in [-0.2, -0.15) is 10.1 Å². The minimum absolute atomic E-state index is 0.0371. The molecule has 33 heavy (non-hydrogen) atoms. The molecule has 4 aromatic rings. The van der Waals surface area contributed by atoms with Gasteiger partial charge in [-0.15, -0.1) is 0 Å². The number of carbonyl (C=O) groups is 1. The van der Waals surface area contributed by atoms with Crippen molar-refractivity contribution in [2.45, 2.75) is 39.8 Å². The molecular weight excluding hydrogens is 420 g/mol. The second-order valence-corrected chi connectivity index (χ2v) is 8.27. The van der Waals surface area contributed by atoms with Crippen molar-refractivity contribution in [3.63, 3.8) is 0 Å². The summed E-state index contributed by atoms with van der Waals surface area (Å²) in [5, 5.41) is 4.44. The Morgan fingerprint density at radius 1 is 1.18 bits per heavy atom. The quantitative estimate of drug-likeness (QED) is 0.464. The molecule has 0 aliphatic carbocycles. The van der Waals surface area contributed by atoms with E-state index in [4.69, 9.17) is 9.72 Å². The van der Waals surface area contributed by atoms with Crippen LogP contribution in [0.3, 0.4) is 0 Å². The maximum Gasteiger partial charge on any atom is 0.255 e. The van der Waals surface area contributed by atoms with E-state index in [1.165, 1.54) is 6.33 Å². The lowest BCUT2D eigenvalue weighted by atomic mass is 10.2. The van der Waals surface area contributed by atoms with Crippen molar-refractivity contribution in [1.82, 2.24) is 39.2 Å². The monoisotopic (exact) mass is 446 g/mol. The molecule has 0 radical (unpaired) electrons. The van der Waals surface area contributed by atoms with Crippen molar-refractivity contribution in [2.75, 3.05) is 13.1 Å². The Bertz CT molecular complexity index is 1320. The number of imidazole rings is 1. The van der Waals surface area contributed by atoms with Gasteiger partial charge in [0.1, 0.15) is 18.3 Å². The fraction of sp³-hybridized carbons (Fsp3) is 0.391. The Balaban J connectivity index is 1.38. The summed E-state index contributed by atoms with van der Waals surface area (Å²) in [6.07, 6.45) is 5.49.